The zero-order valence-electron chi connectivity index (χ0n) is 12.8. The molecule has 2 aromatic carbocycles. The molecule has 0 amide bonds. The maximum atomic E-state index is 5.28. The fourth-order valence-corrected chi connectivity index (χ4v) is 2.41. The average Bonchev–Trinajstić information content (AvgIpc) is 2.48. The van der Waals surface area contributed by atoms with E-state index in [-0.39, 0.29) is 0 Å². The van der Waals surface area contributed by atoms with E-state index in [2.05, 4.69) is 44.8 Å². The van der Waals surface area contributed by atoms with Crippen molar-refractivity contribution in [1.82, 2.24) is 5.43 Å². The van der Waals surface area contributed by atoms with Gasteiger partial charge < -0.3 is 5.32 Å². The van der Waals surface area contributed by atoms with Crippen LogP contribution in [0.1, 0.15) is 23.6 Å². The minimum atomic E-state index is 0.475. The van der Waals surface area contributed by atoms with Crippen molar-refractivity contribution in [2.24, 2.45) is 5.10 Å². The molecule has 0 radical (unpaired) electrons. The van der Waals surface area contributed by atoms with E-state index in [0.29, 0.717) is 5.11 Å². The van der Waals surface area contributed by atoms with Crippen LogP contribution in [0.25, 0.3) is 0 Å². The number of aryl methyl sites for hydroxylation is 2. The number of nitrogens with one attached hydrogen (secondary N) is 2. The molecule has 0 heterocycles. The molecule has 3 nitrogen and oxygen atoms in total. The molecule has 0 bridgehead atoms. The molecule has 0 saturated heterocycles. The predicted octanol–water partition coefficient (Wildman–Crippen LogP) is 4.78. The van der Waals surface area contributed by atoms with Crippen molar-refractivity contribution in [2.45, 2.75) is 20.8 Å². The molecule has 0 aliphatic rings. The Bertz CT molecular complexity index is 708. The topological polar surface area (TPSA) is 36.4 Å². The number of hydrazone groups is 1. The van der Waals surface area contributed by atoms with Crippen LogP contribution in [-0.4, -0.2) is 10.8 Å². The highest BCUT2D eigenvalue weighted by Crippen LogP contribution is 2.15. The first-order valence-corrected chi connectivity index (χ1v) is 8.10. The number of anilines is 1. The van der Waals surface area contributed by atoms with Crippen molar-refractivity contribution in [2.75, 3.05) is 5.32 Å². The monoisotopic (exact) mass is 375 g/mol. The summed E-state index contributed by atoms with van der Waals surface area (Å²) in [7, 11) is 0. The Morgan fingerprint density at radius 3 is 2.41 bits per heavy atom. The number of hydrogen-bond donors (Lipinski definition) is 2. The van der Waals surface area contributed by atoms with Gasteiger partial charge in [-0.2, -0.15) is 5.10 Å². The summed E-state index contributed by atoms with van der Waals surface area (Å²) < 4.78 is 1.05. The van der Waals surface area contributed by atoms with Gasteiger partial charge >= 0.3 is 0 Å². The van der Waals surface area contributed by atoms with E-state index >= 15 is 0 Å². The fourth-order valence-electron chi connectivity index (χ4n) is 1.99. The van der Waals surface area contributed by atoms with Crippen LogP contribution in [0.15, 0.2) is 52.0 Å². The van der Waals surface area contributed by atoms with Crippen LogP contribution >= 0.6 is 28.1 Å². The molecule has 0 unspecified atom stereocenters. The molecule has 0 fully saturated rings. The Balaban J connectivity index is 1.99. The van der Waals surface area contributed by atoms with Crippen molar-refractivity contribution in [3.8, 4) is 0 Å². The van der Waals surface area contributed by atoms with Gasteiger partial charge in [0.25, 0.3) is 0 Å². The Morgan fingerprint density at radius 1 is 1.09 bits per heavy atom. The summed E-state index contributed by atoms with van der Waals surface area (Å²) in [6.07, 6.45) is 0. The zero-order valence-corrected chi connectivity index (χ0v) is 15.2. The molecule has 0 aromatic heterocycles. The second-order valence-corrected chi connectivity index (χ2v) is 6.41. The third-order valence-corrected chi connectivity index (χ3v) is 3.94. The summed E-state index contributed by atoms with van der Waals surface area (Å²) in [6.45, 7) is 6.06. The van der Waals surface area contributed by atoms with Gasteiger partial charge in [0.05, 0.1) is 5.71 Å². The third-order valence-electron chi connectivity index (χ3n) is 3.22. The van der Waals surface area contributed by atoms with E-state index in [9.17, 15) is 0 Å². The van der Waals surface area contributed by atoms with Crippen molar-refractivity contribution in [3.05, 3.63) is 63.6 Å². The average molecular weight is 376 g/mol. The SMILES string of the molecule is CC(=NNC(=S)Nc1ccc(C)cc1C)c1ccc(Br)cc1. The van der Waals surface area contributed by atoms with Crippen LogP contribution in [-0.2, 0) is 0 Å². The normalized spacial score (nSPS) is 11.2. The molecule has 2 aromatic rings. The molecule has 5 heteroatoms. The molecular weight excluding hydrogens is 358 g/mol. The number of halogens is 1. The van der Waals surface area contributed by atoms with Gasteiger partial charge in [0, 0.05) is 10.2 Å². The highest BCUT2D eigenvalue weighted by Gasteiger charge is 2.02. The smallest absolute Gasteiger partial charge is 0.191 e. The standard InChI is InChI=1S/C17H18BrN3S/c1-11-4-9-16(12(2)10-11)19-17(22)21-20-13(3)14-5-7-15(18)8-6-14/h4-10H,1-3H3,(H2,19,21,22). The van der Waals surface area contributed by atoms with Crippen molar-refractivity contribution in [1.29, 1.82) is 0 Å². The maximum Gasteiger partial charge on any atom is 0.191 e. The molecule has 22 heavy (non-hydrogen) atoms. The molecule has 0 aliphatic carbocycles. The van der Waals surface area contributed by atoms with E-state index in [4.69, 9.17) is 12.2 Å². The second-order valence-electron chi connectivity index (χ2n) is 5.09. The van der Waals surface area contributed by atoms with Crippen LogP contribution in [0.4, 0.5) is 5.69 Å². The second kappa shape index (κ2) is 7.51. The Kier molecular flexibility index (Phi) is 5.69. The number of benzene rings is 2. The zero-order chi connectivity index (χ0) is 16.1. The molecule has 2 N–H and O–H groups in total. The van der Waals surface area contributed by atoms with Gasteiger partial charge in [-0.25, -0.2) is 0 Å². The lowest BCUT2D eigenvalue weighted by Gasteiger charge is -2.11. The van der Waals surface area contributed by atoms with Crippen LogP contribution in [0.2, 0.25) is 0 Å². The first-order chi connectivity index (χ1) is 10.5. The molecule has 2 rings (SSSR count). The van der Waals surface area contributed by atoms with Gasteiger partial charge in [-0.15, -0.1) is 0 Å². The van der Waals surface area contributed by atoms with Crippen LogP contribution in [0.5, 0.6) is 0 Å². The first-order valence-electron chi connectivity index (χ1n) is 6.90. The maximum absolute atomic E-state index is 5.28. The minimum Gasteiger partial charge on any atom is -0.331 e. The molecule has 0 aliphatic heterocycles. The van der Waals surface area contributed by atoms with E-state index < -0.39 is 0 Å². The van der Waals surface area contributed by atoms with Crippen molar-refractivity contribution >= 4 is 44.7 Å². The van der Waals surface area contributed by atoms with Crippen LogP contribution in [0, 0.1) is 13.8 Å². The largest absolute Gasteiger partial charge is 0.331 e. The van der Waals surface area contributed by atoms with Gasteiger partial charge in [0.15, 0.2) is 5.11 Å². The summed E-state index contributed by atoms with van der Waals surface area (Å²) >= 11 is 8.70. The van der Waals surface area contributed by atoms with E-state index in [1.54, 1.807) is 0 Å². The van der Waals surface area contributed by atoms with Gasteiger partial charge in [-0.1, -0.05) is 45.8 Å². The highest BCUT2D eigenvalue weighted by molar-refractivity contribution is 9.10. The van der Waals surface area contributed by atoms with Gasteiger partial charge in [0.1, 0.15) is 0 Å². The van der Waals surface area contributed by atoms with Crippen LogP contribution < -0.4 is 10.7 Å². The molecular formula is C17H18BrN3S. The summed E-state index contributed by atoms with van der Waals surface area (Å²) in [6, 6.07) is 14.2. The summed E-state index contributed by atoms with van der Waals surface area (Å²) in [5, 5.41) is 7.95. The molecule has 0 saturated carbocycles. The van der Waals surface area contributed by atoms with E-state index in [1.165, 1.54) is 5.56 Å². The number of nitrogens with zero attached hydrogens (tertiary/aromatic N) is 1. The lowest BCUT2D eigenvalue weighted by atomic mass is 10.1. The van der Waals surface area contributed by atoms with Crippen molar-refractivity contribution in [3.63, 3.8) is 0 Å². The van der Waals surface area contributed by atoms with Gasteiger partial charge in [-0.05, 0) is 62.3 Å². The Labute approximate surface area is 145 Å². The summed E-state index contributed by atoms with van der Waals surface area (Å²) in [5.41, 5.74) is 8.17. The molecule has 0 spiro atoms. The minimum absolute atomic E-state index is 0.475. The third kappa shape index (κ3) is 4.64. The predicted molar refractivity (Wildman–Crippen MR) is 102 cm³/mol. The number of thiocarbonyl (C=S) groups is 1. The Hall–Kier alpha value is -1.72. The lowest BCUT2D eigenvalue weighted by Crippen LogP contribution is -2.25. The molecule has 114 valence electrons. The quantitative estimate of drug-likeness (QED) is 0.460. The number of hydrogen-bond acceptors (Lipinski definition) is 2. The fraction of sp³-hybridized carbons (Fsp3) is 0.176. The van der Waals surface area contributed by atoms with Crippen molar-refractivity contribution < 1.29 is 0 Å². The van der Waals surface area contributed by atoms with E-state index in [0.717, 1.165) is 27.0 Å². The summed E-state index contributed by atoms with van der Waals surface area (Å²) in [4.78, 5) is 0. The lowest BCUT2D eigenvalue weighted by molar-refractivity contribution is 1.04. The Morgan fingerprint density at radius 2 is 1.77 bits per heavy atom. The van der Waals surface area contributed by atoms with Crippen LogP contribution in [0.3, 0.4) is 0 Å². The highest BCUT2D eigenvalue weighted by atomic mass is 79.9. The molecule has 0 atom stereocenters. The first kappa shape index (κ1) is 16.6. The van der Waals surface area contributed by atoms with Gasteiger partial charge in [-0.3, -0.25) is 5.43 Å². The number of rotatable bonds is 3. The van der Waals surface area contributed by atoms with Gasteiger partial charge in [0.2, 0.25) is 0 Å². The van der Waals surface area contributed by atoms with E-state index in [1.807, 2.05) is 50.2 Å². The summed E-state index contributed by atoms with van der Waals surface area (Å²) in [5.74, 6) is 0.